The van der Waals surface area contributed by atoms with E-state index in [0.717, 1.165) is 17.8 Å². The topological polar surface area (TPSA) is 62.5 Å². The number of carboxylic acid groups (broad SMARTS) is 1. The molecule has 0 aliphatic heterocycles. The summed E-state index contributed by atoms with van der Waals surface area (Å²) in [6.07, 6.45) is 1.63. The fraction of sp³-hybridized carbons (Fsp3) is 0.100. The highest BCUT2D eigenvalue weighted by Crippen LogP contribution is 2.27. The molecule has 0 radical (unpaired) electrons. The quantitative estimate of drug-likeness (QED) is 0.774. The lowest BCUT2D eigenvalue weighted by atomic mass is 10.2. The van der Waals surface area contributed by atoms with E-state index >= 15 is 0 Å². The van der Waals surface area contributed by atoms with Gasteiger partial charge in [-0.1, -0.05) is 12.1 Å². The summed E-state index contributed by atoms with van der Waals surface area (Å²) >= 11 is 3.27. The molecule has 0 aliphatic rings. The monoisotopic (exact) mass is 271 g/mol. The summed E-state index contributed by atoms with van der Waals surface area (Å²) in [4.78, 5) is 9.00. The third-order valence-corrected chi connectivity index (χ3v) is 2.23. The Bertz CT molecular complexity index is 438. The molecule has 5 heteroatoms. The Morgan fingerprint density at radius 3 is 2.47 bits per heavy atom. The number of hydrogen-bond acceptors (Lipinski definition) is 2. The number of hydrogen-bond donors (Lipinski definition) is 2. The lowest BCUT2D eigenvalue weighted by Gasteiger charge is -1.89. The lowest BCUT2D eigenvalue weighted by Crippen LogP contribution is -1.78. The number of carboxylic acids is 1. The fourth-order valence-electron chi connectivity index (χ4n) is 1.12. The van der Waals surface area contributed by atoms with Crippen LogP contribution in [0.2, 0.25) is 0 Å². The molecule has 0 atom stereocenters. The molecule has 2 rings (SSSR count). The zero-order chi connectivity index (χ0) is 11.4. The van der Waals surface area contributed by atoms with E-state index in [-0.39, 0.29) is 0 Å². The molecule has 0 saturated carbocycles. The smallest absolute Gasteiger partial charge is 0.300 e. The van der Waals surface area contributed by atoms with Gasteiger partial charge < -0.3 is 10.2 Å². The number of carbonyl (C=O) groups is 1. The van der Waals surface area contributed by atoms with Gasteiger partial charge in [0.15, 0.2) is 0 Å². The number of nitrogens with zero attached hydrogens (tertiary/aromatic N) is 1. The minimum Gasteiger partial charge on any atom is -0.506 e. The van der Waals surface area contributed by atoms with Crippen molar-refractivity contribution in [3.63, 3.8) is 0 Å². The molecule has 1 aromatic heterocycles. The fourth-order valence-corrected chi connectivity index (χ4v) is 1.63. The number of aromatic nitrogens is 1. The van der Waals surface area contributed by atoms with Crippen LogP contribution in [0.5, 0.6) is 5.75 Å². The molecule has 80 valence electrons. The molecule has 2 N–H and O–H groups in total. The Balaban J connectivity index is 0.000000245. The van der Waals surface area contributed by atoms with Gasteiger partial charge in [-0.15, -0.1) is 0 Å². The molecule has 4 nitrogen and oxygen atoms in total. The van der Waals surface area contributed by atoms with Gasteiger partial charge in [0.1, 0.15) is 5.75 Å². The van der Waals surface area contributed by atoms with Crippen LogP contribution in [0.4, 0.5) is 0 Å². The third-order valence-electron chi connectivity index (χ3n) is 1.65. The van der Waals surface area contributed by atoms with Crippen molar-refractivity contribution in [3.8, 4) is 5.75 Å². The van der Waals surface area contributed by atoms with Gasteiger partial charge in [0.05, 0.1) is 27.9 Å². The molecule has 0 aliphatic carbocycles. The third kappa shape index (κ3) is 2.99. The molecule has 0 amide bonds. The number of halogens is 1. The summed E-state index contributed by atoms with van der Waals surface area (Å²) in [5.74, 6) is -0.530. The van der Waals surface area contributed by atoms with Crippen LogP contribution in [0.1, 0.15) is 6.92 Å². The SMILES string of the molecule is CC(=O)O.Oc1cn(Br)c2ccccc12. The number of fused-ring (bicyclic) bond motifs is 1. The van der Waals surface area contributed by atoms with Crippen LogP contribution in [0.3, 0.4) is 0 Å². The molecule has 0 saturated heterocycles. The van der Waals surface area contributed by atoms with E-state index in [1.807, 2.05) is 24.3 Å². The summed E-state index contributed by atoms with van der Waals surface area (Å²) < 4.78 is 1.72. The first-order valence-corrected chi connectivity index (χ1v) is 4.88. The van der Waals surface area contributed by atoms with E-state index in [1.54, 1.807) is 9.79 Å². The molecular formula is C10H10BrNO3. The van der Waals surface area contributed by atoms with Gasteiger partial charge in [0.2, 0.25) is 0 Å². The van der Waals surface area contributed by atoms with Crippen molar-refractivity contribution in [1.29, 1.82) is 0 Å². The standard InChI is InChI=1S/C8H6BrNO.C2H4O2/c9-10-5-8(11)6-3-1-2-4-7(6)10;1-2(3)4/h1-5,11H;1H3,(H,3,4). The second-order valence-electron chi connectivity index (χ2n) is 2.86. The van der Waals surface area contributed by atoms with Crippen molar-refractivity contribution in [1.82, 2.24) is 3.59 Å². The molecule has 0 fully saturated rings. The normalized spacial score (nSPS) is 9.47. The zero-order valence-corrected chi connectivity index (χ0v) is 9.60. The van der Waals surface area contributed by atoms with Crippen molar-refractivity contribution in [2.75, 3.05) is 0 Å². The number of rotatable bonds is 0. The van der Waals surface area contributed by atoms with E-state index in [9.17, 15) is 5.11 Å². The Morgan fingerprint density at radius 2 is 1.93 bits per heavy atom. The maximum absolute atomic E-state index is 9.34. The van der Waals surface area contributed by atoms with Gasteiger partial charge in [-0.3, -0.25) is 8.39 Å². The number of benzene rings is 1. The van der Waals surface area contributed by atoms with Crippen molar-refractivity contribution >= 4 is 33.0 Å². The van der Waals surface area contributed by atoms with E-state index in [2.05, 4.69) is 16.1 Å². The van der Waals surface area contributed by atoms with Crippen LogP contribution in [-0.4, -0.2) is 19.8 Å². The van der Waals surface area contributed by atoms with E-state index in [1.165, 1.54) is 0 Å². The largest absolute Gasteiger partial charge is 0.506 e. The molecule has 1 heterocycles. The average Bonchev–Trinajstić information content (AvgIpc) is 2.43. The van der Waals surface area contributed by atoms with Gasteiger partial charge >= 0.3 is 0 Å². The molecule has 0 unspecified atom stereocenters. The second-order valence-corrected chi connectivity index (χ2v) is 3.63. The Hall–Kier alpha value is -1.49. The van der Waals surface area contributed by atoms with Gasteiger partial charge in [-0.05, 0) is 12.1 Å². The van der Waals surface area contributed by atoms with Gasteiger partial charge in [-0.25, -0.2) is 0 Å². The highest BCUT2D eigenvalue weighted by Gasteiger charge is 2.02. The minimum atomic E-state index is -0.833. The Kier molecular flexibility index (Phi) is 3.74. The van der Waals surface area contributed by atoms with E-state index < -0.39 is 5.97 Å². The molecule has 2 aromatic rings. The van der Waals surface area contributed by atoms with Crippen LogP contribution in [0.15, 0.2) is 30.5 Å². The maximum Gasteiger partial charge on any atom is 0.300 e. The summed E-state index contributed by atoms with van der Waals surface area (Å²) in [5.41, 5.74) is 0.977. The summed E-state index contributed by atoms with van der Waals surface area (Å²) in [6.45, 7) is 1.08. The number of aliphatic carboxylic acids is 1. The van der Waals surface area contributed by atoms with Crippen LogP contribution in [0, 0.1) is 0 Å². The maximum atomic E-state index is 9.34. The summed E-state index contributed by atoms with van der Waals surface area (Å²) in [7, 11) is 0. The molecule has 0 spiro atoms. The number of para-hydroxylation sites is 1. The number of aromatic hydroxyl groups is 1. The molecule has 1 aromatic carbocycles. The van der Waals surface area contributed by atoms with Crippen molar-refractivity contribution in [2.24, 2.45) is 0 Å². The Labute approximate surface area is 95.1 Å². The predicted octanol–water partition coefficient (Wildman–Crippen LogP) is 2.60. The first-order chi connectivity index (χ1) is 7.02. The van der Waals surface area contributed by atoms with Gasteiger partial charge in [0.25, 0.3) is 5.97 Å². The van der Waals surface area contributed by atoms with Crippen molar-refractivity contribution in [3.05, 3.63) is 30.5 Å². The van der Waals surface area contributed by atoms with Crippen LogP contribution in [-0.2, 0) is 4.79 Å². The Morgan fingerprint density at radius 1 is 1.40 bits per heavy atom. The van der Waals surface area contributed by atoms with E-state index in [0.29, 0.717) is 5.75 Å². The summed E-state index contributed by atoms with van der Waals surface area (Å²) in [6, 6.07) is 7.64. The minimum absolute atomic E-state index is 0.303. The first kappa shape index (κ1) is 11.6. The predicted molar refractivity (Wildman–Crippen MR) is 61.2 cm³/mol. The molecular weight excluding hydrogens is 262 g/mol. The van der Waals surface area contributed by atoms with Gasteiger partial charge in [-0.2, -0.15) is 0 Å². The van der Waals surface area contributed by atoms with Crippen molar-refractivity contribution < 1.29 is 15.0 Å². The molecule has 0 bridgehead atoms. The second kappa shape index (κ2) is 4.84. The molecule has 15 heavy (non-hydrogen) atoms. The van der Waals surface area contributed by atoms with Crippen molar-refractivity contribution in [2.45, 2.75) is 6.92 Å². The average molecular weight is 272 g/mol. The summed E-state index contributed by atoms with van der Waals surface area (Å²) in [5, 5.41) is 17.6. The van der Waals surface area contributed by atoms with Crippen LogP contribution in [0.25, 0.3) is 10.9 Å². The van der Waals surface area contributed by atoms with E-state index in [4.69, 9.17) is 9.90 Å². The van der Waals surface area contributed by atoms with Crippen LogP contribution >= 0.6 is 16.1 Å². The van der Waals surface area contributed by atoms with Crippen LogP contribution < -0.4 is 0 Å². The highest BCUT2D eigenvalue weighted by molar-refractivity contribution is 9.08. The van der Waals surface area contributed by atoms with Gasteiger partial charge in [0, 0.05) is 12.3 Å². The first-order valence-electron chi connectivity index (χ1n) is 4.17. The highest BCUT2D eigenvalue weighted by atomic mass is 79.9. The lowest BCUT2D eigenvalue weighted by molar-refractivity contribution is -0.134. The zero-order valence-electron chi connectivity index (χ0n) is 8.01.